The van der Waals surface area contributed by atoms with Gasteiger partial charge in [0, 0.05) is 31.1 Å². The Kier molecular flexibility index (Phi) is 7.22. The van der Waals surface area contributed by atoms with E-state index in [1.807, 2.05) is 0 Å². The van der Waals surface area contributed by atoms with Gasteiger partial charge < -0.3 is 24.8 Å². The normalized spacial score (nSPS) is 24.4. The van der Waals surface area contributed by atoms with E-state index in [0.29, 0.717) is 69.8 Å². The quantitative estimate of drug-likeness (QED) is 0.628. The van der Waals surface area contributed by atoms with E-state index < -0.39 is 11.2 Å². The summed E-state index contributed by atoms with van der Waals surface area (Å²) in [6.45, 7) is 4.06. The third-order valence-electron chi connectivity index (χ3n) is 7.90. The predicted molar refractivity (Wildman–Crippen MR) is 135 cm³/mol. The van der Waals surface area contributed by atoms with Crippen LogP contribution in [-0.4, -0.2) is 71.5 Å². The van der Waals surface area contributed by atoms with Gasteiger partial charge in [-0.1, -0.05) is 11.6 Å². The standard InChI is InChI=1S/C26H31ClFN5O4/c1-16-13-20(18(27)14-19(16)28)33-8-2-5-26(25(33)36)6-3-17(4-7-26)31-23(34)21-22(30-15-29-21)24(35)32-9-11-37-12-10-32/h13-15,17H,2-12H2,1H3,(H,29,30)(H,31,34)/t17-,26-. The molecule has 3 heterocycles. The van der Waals surface area contributed by atoms with Gasteiger partial charge in [-0.25, -0.2) is 9.37 Å². The molecule has 3 amide bonds. The molecular weight excluding hydrogens is 501 g/mol. The molecule has 1 aromatic heterocycles. The Bertz CT molecular complexity index is 1200. The molecule has 0 unspecified atom stereocenters. The topological polar surface area (TPSA) is 108 Å². The fourth-order valence-corrected chi connectivity index (χ4v) is 5.98. The molecule has 2 aromatic rings. The van der Waals surface area contributed by atoms with Crippen LogP contribution in [0, 0.1) is 18.2 Å². The second-order valence-corrected chi connectivity index (χ2v) is 10.6. The number of carbonyl (C=O) groups is 3. The fraction of sp³-hybridized carbons (Fsp3) is 0.538. The number of morpholine rings is 1. The molecule has 0 atom stereocenters. The zero-order valence-electron chi connectivity index (χ0n) is 20.8. The number of aromatic amines is 1. The minimum Gasteiger partial charge on any atom is -0.378 e. The maximum atomic E-state index is 13.9. The number of carbonyl (C=O) groups excluding carboxylic acids is 3. The van der Waals surface area contributed by atoms with Crippen molar-refractivity contribution in [3.05, 3.63) is 46.3 Å². The smallest absolute Gasteiger partial charge is 0.275 e. The van der Waals surface area contributed by atoms with Crippen molar-refractivity contribution in [2.75, 3.05) is 37.7 Å². The van der Waals surface area contributed by atoms with Crippen molar-refractivity contribution in [2.45, 2.75) is 51.5 Å². The molecule has 1 aliphatic carbocycles. The SMILES string of the molecule is Cc1cc(N2CCC[C@]3(CC[C@@H](NC(=O)c4[nH]cnc4C(=O)N4CCOCC4)CC3)C2=O)c(Cl)cc1F. The number of hydrogen-bond donors (Lipinski definition) is 2. The van der Waals surface area contributed by atoms with Crippen LogP contribution in [-0.2, 0) is 9.53 Å². The molecule has 1 saturated carbocycles. The van der Waals surface area contributed by atoms with Gasteiger partial charge >= 0.3 is 0 Å². The van der Waals surface area contributed by atoms with Gasteiger partial charge in [-0.2, -0.15) is 0 Å². The molecule has 0 radical (unpaired) electrons. The summed E-state index contributed by atoms with van der Waals surface area (Å²) in [7, 11) is 0. The second-order valence-electron chi connectivity index (χ2n) is 10.2. The highest BCUT2D eigenvalue weighted by Crippen LogP contribution is 2.46. The van der Waals surface area contributed by atoms with E-state index in [1.165, 1.54) is 12.4 Å². The zero-order chi connectivity index (χ0) is 26.2. The van der Waals surface area contributed by atoms with Crippen molar-refractivity contribution in [1.29, 1.82) is 0 Å². The second kappa shape index (κ2) is 10.4. The predicted octanol–water partition coefficient (Wildman–Crippen LogP) is 3.47. The average Bonchev–Trinajstić information content (AvgIpc) is 3.40. The van der Waals surface area contributed by atoms with Crippen LogP contribution in [0.5, 0.6) is 0 Å². The number of nitrogens with one attached hydrogen (secondary N) is 2. The number of piperidine rings is 1. The first kappa shape index (κ1) is 25.7. The van der Waals surface area contributed by atoms with Crippen LogP contribution in [0.1, 0.15) is 65.1 Å². The van der Waals surface area contributed by atoms with Gasteiger partial charge in [0.1, 0.15) is 11.5 Å². The molecular formula is C26H31ClFN5O4. The highest BCUT2D eigenvalue weighted by atomic mass is 35.5. The number of ether oxygens (including phenoxy) is 1. The van der Waals surface area contributed by atoms with Crippen molar-refractivity contribution in [2.24, 2.45) is 5.41 Å². The van der Waals surface area contributed by atoms with Crippen LogP contribution in [0.25, 0.3) is 0 Å². The van der Waals surface area contributed by atoms with E-state index in [-0.39, 0.29) is 40.2 Å². The summed E-state index contributed by atoms with van der Waals surface area (Å²) in [6.07, 6.45) is 5.51. The summed E-state index contributed by atoms with van der Waals surface area (Å²) in [5.74, 6) is -1.04. The number of rotatable bonds is 4. The number of halogens is 2. The number of H-pyrrole nitrogens is 1. The lowest BCUT2D eigenvalue weighted by atomic mass is 9.67. The van der Waals surface area contributed by atoms with Crippen molar-refractivity contribution in [3.63, 3.8) is 0 Å². The van der Waals surface area contributed by atoms with Crippen LogP contribution >= 0.6 is 11.6 Å². The summed E-state index contributed by atoms with van der Waals surface area (Å²) >= 11 is 6.32. The van der Waals surface area contributed by atoms with Gasteiger partial charge in [0.05, 0.1) is 30.3 Å². The van der Waals surface area contributed by atoms with Gasteiger partial charge in [0.15, 0.2) is 5.69 Å². The van der Waals surface area contributed by atoms with Crippen molar-refractivity contribution in [1.82, 2.24) is 20.2 Å². The van der Waals surface area contributed by atoms with Crippen LogP contribution in [0.2, 0.25) is 5.02 Å². The van der Waals surface area contributed by atoms with Crippen molar-refractivity contribution < 1.29 is 23.5 Å². The maximum Gasteiger partial charge on any atom is 0.275 e. The molecule has 37 heavy (non-hydrogen) atoms. The molecule has 9 nitrogen and oxygen atoms in total. The Hall–Kier alpha value is -2.98. The highest BCUT2D eigenvalue weighted by molar-refractivity contribution is 6.34. The Balaban J connectivity index is 1.23. The molecule has 198 valence electrons. The number of anilines is 1. The number of aromatic nitrogens is 2. The Labute approximate surface area is 219 Å². The lowest BCUT2D eigenvalue weighted by Gasteiger charge is -2.45. The first-order chi connectivity index (χ1) is 17.8. The Morgan fingerprint density at radius 3 is 2.65 bits per heavy atom. The summed E-state index contributed by atoms with van der Waals surface area (Å²) in [5, 5.41) is 3.26. The van der Waals surface area contributed by atoms with E-state index in [1.54, 1.807) is 22.8 Å². The first-order valence-corrected chi connectivity index (χ1v) is 13.2. The number of amides is 3. The zero-order valence-corrected chi connectivity index (χ0v) is 21.6. The summed E-state index contributed by atoms with van der Waals surface area (Å²) in [6, 6.07) is 2.79. The number of imidazole rings is 1. The van der Waals surface area contributed by atoms with Crippen LogP contribution in [0.3, 0.4) is 0 Å². The summed E-state index contributed by atoms with van der Waals surface area (Å²) in [4.78, 5) is 49.8. The lowest BCUT2D eigenvalue weighted by Crippen LogP contribution is -2.52. The molecule has 3 aliphatic rings. The van der Waals surface area contributed by atoms with Crippen LogP contribution in [0.15, 0.2) is 18.5 Å². The van der Waals surface area contributed by atoms with Crippen LogP contribution < -0.4 is 10.2 Å². The van der Waals surface area contributed by atoms with E-state index in [4.69, 9.17) is 16.3 Å². The molecule has 0 bridgehead atoms. The number of aryl methyl sites for hydroxylation is 1. The van der Waals surface area contributed by atoms with Crippen molar-refractivity contribution in [3.8, 4) is 0 Å². The molecule has 2 saturated heterocycles. The molecule has 11 heteroatoms. The lowest BCUT2D eigenvalue weighted by molar-refractivity contribution is -0.132. The van der Waals surface area contributed by atoms with Gasteiger partial charge in [0.25, 0.3) is 11.8 Å². The van der Waals surface area contributed by atoms with Gasteiger partial charge in [-0.3, -0.25) is 14.4 Å². The molecule has 3 fully saturated rings. The van der Waals surface area contributed by atoms with E-state index in [9.17, 15) is 18.8 Å². The first-order valence-electron chi connectivity index (χ1n) is 12.8. The molecule has 1 aromatic carbocycles. The summed E-state index contributed by atoms with van der Waals surface area (Å²) < 4.78 is 19.2. The third-order valence-corrected chi connectivity index (χ3v) is 8.20. The Morgan fingerprint density at radius 2 is 1.92 bits per heavy atom. The summed E-state index contributed by atoms with van der Waals surface area (Å²) in [5.41, 5.74) is 0.742. The molecule has 5 rings (SSSR count). The maximum absolute atomic E-state index is 13.9. The monoisotopic (exact) mass is 531 g/mol. The average molecular weight is 532 g/mol. The number of hydrogen-bond acceptors (Lipinski definition) is 5. The minimum absolute atomic E-state index is 0.0170. The Morgan fingerprint density at radius 1 is 1.19 bits per heavy atom. The van der Waals surface area contributed by atoms with E-state index >= 15 is 0 Å². The number of benzene rings is 1. The van der Waals surface area contributed by atoms with Crippen molar-refractivity contribution >= 4 is 35.0 Å². The minimum atomic E-state index is -0.517. The third kappa shape index (κ3) is 4.96. The molecule has 2 aliphatic heterocycles. The van der Waals surface area contributed by atoms with Crippen LogP contribution in [0.4, 0.5) is 10.1 Å². The highest BCUT2D eigenvalue weighted by Gasteiger charge is 2.47. The van der Waals surface area contributed by atoms with Gasteiger partial charge in [-0.15, -0.1) is 0 Å². The molecule has 1 spiro atoms. The van der Waals surface area contributed by atoms with Gasteiger partial charge in [-0.05, 0) is 63.1 Å². The van der Waals surface area contributed by atoms with E-state index in [0.717, 1.165) is 12.8 Å². The molecule has 2 N–H and O–H groups in total. The van der Waals surface area contributed by atoms with Gasteiger partial charge in [0.2, 0.25) is 5.91 Å². The largest absolute Gasteiger partial charge is 0.378 e. The fourth-order valence-electron chi connectivity index (χ4n) is 5.73. The van der Waals surface area contributed by atoms with E-state index in [2.05, 4.69) is 15.3 Å². The number of nitrogens with zero attached hydrogens (tertiary/aromatic N) is 3.